The van der Waals surface area contributed by atoms with Crippen molar-refractivity contribution in [1.82, 2.24) is 10.2 Å². The zero-order valence-electron chi connectivity index (χ0n) is 17.8. The van der Waals surface area contributed by atoms with Crippen molar-refractivity contribution in [3.8, 4) is 0 Å². The van der Waals surface area contributed by atoms with E-state index in [0.29, 0.717) is 16.9 Å². The Bertz CT molecular complexity index is 1120. The van der Waals surface area contributed by atoms with Gasteiger partial charge in [0.05, 0.1) is 0 Å². The van der Waals surface area contributed by atoms with Gasteiger partial charge in [0.2, 0.25) is 5.91 Å². The number of carbonyl (C=O) groups excluding carboxylic acids is 3. The molecule has 3 atom stereocenters. The van der Waals surface area contributed by atoms with E-state index >= 15 is 0 Å². The van der Waals surface area contributed by atoms with Crippen molar-refractivity contribution in [3.63, 3.8) is 0 Å². The van der Waals surface area contributed by atoms with Crippen LogP contribution in [0.1, 0.15) is 24.0 Å². The molecule has 4 rings (SSSR count). The van der Waals surface area contributed by atoms with Gasteiger partial charge in [-0.05, 0) is 23.6 Å². The molecule has 2 aliphatic rings. The Kier molecular flexibility index (Phi) is 6.50. The number of carboxylic acids is 1. The summed E-state index contributed by atoms with van der Waals surface area (Å²) in [5.41, 5.74) is 1.77. The Morgan fingerprint density at radius 3 is 2.39 bits per heavy atom. The van der Waals surface area contributed by atoms with Gasteiger partial charge in [-0.3, -0.25) is 19.3 Å². The summed E-state index contributed by atoms with van der Waals surface area (Å²) in [5.74, 6) is -3.92. The van der Waals surface area contributed by atoms with Gasteiger partial charge < -0.3 is 15.2 Å². The van der Waals surface area contributed by atoms with Gasteiger partial charge in [-0.25, -0.2) is 4.79 Å². The SMILES string of the molecule is CC1=C(C(=O)O)N2C(=O)C(NC(=O)C(C(=O)OCc3ccccc3)c3ccccc3)[C@@H]2SC1. The number of ether oxygens (including phenoxy) is 1. The van der Waals surface area contributed by atoms with Crippen LogP contribution >= 0.6 is 11.8 Å². The minimum absolute atomic E-state index is 0.0109. The molecule has 2 unspecified atom stereocenters. The van der Waals surface area contributed by atoms with Crippen LogP contribution in [0.2, 0.25) is 0 Å². The molecule has 33 heavy (non-hydrogen) atoms. The lowest BCUT2D eigenvalue weighted by molar-refractivity contribution is -0.154. The summed E-state index contributed by atoms with van der Waals surface area (Å²) < 4.78 is 5.41. The Morgan fingerprint density at radius 1 is 1.12 bits per heavy atom. The number of nitrogens with one attached hydrogen (secondary N) is 1. The van der Waals surface area contributed by atoms with Gasteiger partial charge >= 0.3 is 11.9 Å². The molecule has 2 aromatic carbocycles. The zero-order chi connectivity index (χ0) is 23.5. The summed E-state index contributed by atoms with van der Waals surface area (Å²) in [4.78, 5) is 51.6. The number of fused-ring (bicyclic) bond motifs is 1. The highest BCUT2D eigenvalue weighted by Crippen LogP contribution is 2.40. The highest BCUT2D eigenvalue weighted by Gasteiger charge is 2.54. The largest absolute Gasteiger partial charge is 0.477 e. The molecule has 2 aromatic rings. The third kappa shape index (κ3) is 4.49. The molecule has 1 saturated heterocycles. The maximum Gasteiger partial charge on any atom is 0.352 e. The molecule has 2 aliphatic heterocycles. The smallest absolute Gasteiger partial charge is 0.352 e. The lowest BCUT2D eigenvalue weighted by Crippen LogP contribution is -2.71. The van der Waals surface area contributed by atoms with Crippen LogP contribution in [0.15, 0.2) is 71.9 Å². The van der Waals surface area contributed by atoms with E-state index in [4.69, 9.17) is 4.74 Å². The molecule has 2 heterocycles. The summed E-state index contributed by atoms with van der Waals surface area (Å²) in [5, 5.41) is 11.6. The second kappa shape index (κ2) is 9.50. The summed E-state index contributed by atoms with van der Waals surface area (Å²) in [6, 6.07) is 16.7. The average molecular weight is 467 g/mol. The molecule has 0 saturated carbocycles. The first kappa shape index (κ1) is 22.6. The molecule has 0 bridgehead atoms. The first-order valence-electron chi connectivity index (χ1n) is 10.3. The van der Waals surface area contributed by atoms with E-state index in [2.05, 4.69) is 5.32 Å². The molecular formula is C24H22N2O6S. The molecule has 1 fully saturated rings. The van der Waals surface area contributed by atoms with Crippen LogP contribution in [-0.4, -0.2) is 50.9 Å². The fourth-order valence-electron chi connectivity index (χ4n) is 3.86. The van der Waals surface area contributed by atoms with Gasteiger partial charge in [-0.15, -0.1) is 11.8 Å². The average Bonchev–Trinajstić information content (AvgIpc) is 2.82. The fourth-order valence-corrected chi connectivity index (χ4v) is 5.16. The van der Waals surface area contributed by atoms with Crippen LogP contribution < -0.4 is 5.32 Å². The number of thioether (sulfide) groups is 1. The topological polar surface area (TPSA) is 113 Å². The number of esters is 1. The fraction of sp³-hybridized carbons (Fsp3) is 0.250. The number of hydrogen-bond donors (Lipinski definition) is 2. The number of rotatable bonds is 7. The highest BCUT2D eigenvalue weighted by atomic mass is 32.2. The van der Waals surface area contributed by atoms with E-state index in [1.54, 1.807) is 37.3 Å². The van der Waals surface area contributed by atoms with E-state index in [0.717, 1.165) is 5.56 Å². The monoisotopic (exact) mass is 466 g/mol. The first-order valence-corrected chi connectivity index (χ1v) is 11.4. The van der Waals surface area contributed by atoms with Crippen molar-refractivity contribution in [2.45, 2.75) is 30.9 Å². The summed E-state index contributed by atoms with van der Waals surface area (Å²) in [6.45, 7) is 1.68. The molecule has 9 heteroatoms. The molecule has 8 nitrogen and oxygen atoms in total. The molecule has 0 spiro atoms. The molecule has 170 valence electrons. The van der Waals surface area contributed by atoms with Crippen molar-refractivity contribution in [2.75, 3.05) is 5.75 Å². The standard InChI is InChI=1S/C24H22N2O6S/c1-14-13-33-22-18(21(28)26(22)19(14)23(29)30)25-20(27)17(16-10-6-3-7-11-16)24(31)32-12-15-8-4-2-5-9-15/h2-11,17-18,22H,12-13H2,1H3,(H,25,27)(H,29,30)/t17?,18?,22-/m0/s1. The third-order valence-corrected chi connectivity index (χ3v) is 6.94. The second-order valence-corrected chi connectivity index (χ2v) is 8.87. The number of amides is 2. The summed E-state index contributed by atoms with van der Waals surface area (Å²) in [6.07, 6.45) is 0. The van der Waals surface area contributed by atoms with E-state index in [1.165, 1.54) is 16.7 Å². The lowest BCUT2D eigenvalue weighted by Gasteiger charge is -2.49. The lowest BCUT2D eigenvalue weighted by atomic mass is 9.96. The van der Waals surface area contributed by atoms with Gasteiger partial charge in [0.1, 0.15) is 23.7 Å². The molecule has 0 aliphatic carbocycles. The van der Waals surface area contributed by atoms with E-state index in [9.17, 15) is 24.3 Å². The van der Waals surface area contributed by atoms with Crippen molar-refractivity contribution in [1.29, 1.82) is 0 Å². The number of hydrogen-bond acceptors (Lipinski definition) is 6. The predicted molar refractivity (Wildman–Crippen MR) is 121 cm³/mol. The number of carboxylic acid groups (broad SMARTS) is 1. The molecule has 0 aromatic heterocycles. The van der Waals surface area contributed by atoms with Gasteiger partial charge in [-0.2, -0.15) is 0 Å². The Hall–Kier alpha value is -3.59. The molecule has 2 amide bonds. The summed E-state index contributed by atoms with van der Waals surface area (Å²) >= 11 is 1.37. The van der Waals surface area contributed by atoms with Gasteiger partial charge in [-0.1, -0.05) is 60.7 Å². The number of benzene rings is 2. The molecular weight excluding hydrogens is 444 g/mol. The van der Waals surface area contributed by atoms with Crippen LogP contribution in [0.3, 0.4) is 0 Å². The van der Waals surface area contributed by atoms with Gasteiger partial charge in [0.15, 0.2) is 5.92 Å². The van der Waals surface area contributed by atoms with Crippen LogP contribution in [0.5, 0.6) is 0 Å². The number of aliphatic carboxylic acids is 1. The van der Waals surface area contributed by atoms with Crippen molar-refractivity contribution >= 4 is 35.5 Å². The summed E-state index contributed by atoms with van der Waals surface area (Å²) in [7, 11) is 0. The van der Waals surface area contributed by atoms with Gasteiger partial charge in [0, 0.05) is 5.75 Å². The second-order valence-electron chi connectivity index (χ2n) is 7.77. The predicted octanol–water partition coefficient (Wildman–Crippen LogP) is 2.27. The number of β-lactam (4-membered cyclic amide) rings is 1. The van der Waals surface area contributed by atoms with Crippen molar-refractivity contribution in [2.24, 2.45) is 0 Å². The normalized spacial score (nSPS) is 20.4. The van der Waals surface area contributed by atoms with Crippen LogP contribution in [0.25, 0.3) is 0 Å². The minimum atomic E-state index is -1.26. The van der Waals surface area contributed by atoms with Gasteiger partial charge in [0.25, 0.3) is 5.91 Å². The Labute approximate surface area is 194 Å². The quantitative estimate of drug-likeness (QED) is 0.366. The Morgan fingerprint density at radius 2 is 1.76 bits per heavy atom. The van der Waals surface area contributed by atoms with Crippen LogP contribution in [0.4, 0.5) is 0 Å². The van der Waals surface area contributed by atoms with E-state index in [-0.39, 0.29) is 12.3 Å². The van der Waals surface area contributed by atoms with E-state index < -0.39 is 41.1 Å². The molecule has 2 N–H and O–H groups in total. The third-order valence-electron chi connectivity index (χ3n) is 5.51. The maximum absolute atomic E-state index is 13.2. The highest BCUT2D eigenvalue weighted by molar-refractivity contribution is 8.00. The first-order chi connectivity index (χ1) is 15.9. The molecule has 0 radical (unpaired) electrons. The zero-order valence-corrected chi connectivity index (χ0v) is 18.6. The number of carbonyl (C=O) groups is 4. The van der Waals surface area contributed by atoms with Crippen molar-refractivity contribution in [3.05, 3.63) is 83.1 Å². The van der Waals surface area contributed by atoms with Crippen molar-refractivity contribution < 1.29 is 29.0 Å². The van der Waals surface area contributed by atoms with E-state index in [1.807, 2.05) is 30.3 Å². The minimum Gasteiger partial charge on any atom is -0.477 e. The van der Waals surface area contributed by atoms with Crippen LogP contribution in [-0.2, 0) is 30.5 Å². The number of nitrogens with zero attached hydrogens (tertiary/aromatic N) is 1. The van der Waals surface area contributed by atoms with Crippen LogP contribution in [0, 0.1) is 0 Å². The Balaban J connectivity index is 1.50. The maximum atomic E-state index is 13.2.